The highest BCUT2D eigenvalue weighted by Crippen LogP contribution is 2.20. The summed E-state index contributed by atoms with van der Waals surface area (Å²) < 4.78 is 0. The number of benzene rings is 2. The first-order valence-electron chi connectivity index (χ1n) is 8.10. The third-order valence-corrected chi connectivity index (χ3v) is 4.17. The van der Waals surface area contributed by atoms with E-state index in [4.69, 9.17) is 11.6 Å². The van der Waals surface area contributed by atoms with Crippen molar-refractivity contribution in [3.05, 3.63) is 48.0 Å². The molecule has 0 aliphatic rings. The molecule has 2 aromatic rings. The number of nitrogens with zero attached hydrogens (tertiary/aromatic N) is 1. The highest BCUT2D eigenvalue weighted by molar-refractivity contribution is 6.18. The minimum Gasteiger partial charge on any atom is -0.298 e. The molecule has 0 aliphatic heterocycles. The zero-order chi connectivity index (χ0) is 14.9. The van der Waals surface area contributed by atoms with Crippen LogP contribution in [0.25, 0.3) is 10.8 Å². The molecule has 3 heteroatoms. The van der Waals surface area contributed by atoms with Gasteiger partial charge in [-0.05, 0) is 29.3 Å². The molecule has 0 atom stereocenters. The van der Waals surface area contributed by atoms with Gasteiger partial charge in [0.05, 0.1) is 0 Å². The second kappa shape index (κ2) is 10.9. The van der Waals surface area contributed by atoms with Crippen molar-refractivity contribution in [3.8, 4) is 0 Å². The molecule has 0 heterocycles. The van der Waals surface area contributed by atoms with Crippen molar-refractivity contribution in [1.29, 1.82) is 0 Å². The van der Waals surface area contributed by atoms with Gasteiger partial charge >= 0.3 is 0 Å². The minimum absolute atomic E-state index is 0. The summed E-state index contributed by atoms with van der Waals surface area (Å²) in [5.74, 6) is 0.707. The van der Waals surface area contributed by atoms with Gasteiger partial charge in [0.25, 0.3) is 0 Å². The Balaban J connectivity index is 0.00000242. The van der Waals surface area contributed by atoms with Crippen LogP contribution < -0.4 is 0 Å². The van der Waals surface area contributed by atoms with E-state index in [2.05, 4.69) is 54.3 Å². The molecule has 122 valence electrons. The van der Waals surface area contributed by atoms with Crippen LogP contribution >= 0.6 is 24.0 Å². The van der Waals surface area contributed by atoms with Crippen LogP contribution in [0.4, 0.5) is 0 Å². The van der Waals surface area contributed by atoms with Gasteiger partial charge in [0.2, 0.25) is 0 Å². The van der Waals surface area contributed by atoms with Crippen LogP contribution in [-0.2, 0) is 6.54 Å². The smallest absolute Gasteiger partial charge is 0.0351 e. The molecule has 0 unspecified atom stereocenters. The van der Waals surface area contributed by atoms with E-state index < -0.39 is 0 Å². The van der Waals surface area contributed by atoms with Gasteiger partial charge in [-0.2, -0.15) is 0 Å². The molecule has 0 fully saturated rings. The second-order valence-corrected chi connectivity index (χ2v) is 6.04. The van der Waals surface area contributed by atoms with E-state index in [9.17, 15) is 0 Å². The predicted molar refractivity (Wildman–Crippen MR) is 101 cm³/mol. The maximum Gasteiger partial charge on any atom is 0.0351 e. The number of rotatable bonds is 9. The van der Waals surface area contributed by atoms with E-state index in [-0.39, 0.29) is 12.4 Å². The first-order chi connectivity index (χ1) is 10.3. The second-order valence-electron chi connectivity index (χ2n) is 5.66. The summed E-state index contributed by atoms with van der Waals surface area (Å²) >= 11 is 5.98. The molecule has 0 amide bonds. The molecule has 0 bridgehead atoms. The van der Waals surface area contributed by atoms with Gasteiger partial charge in [0.1, 0.15) is 0 Å². The maximum atomic E-state index is 5.98. The van der Waals surface area contributed by atoms with Crippen LogP contribution in [0.5, 0.6) is 0 Å². The number of hydrogen-bond acceptors (Lipinski definition) is 1. The minimum atomic E-state index is 0. The zero-order valence-electron chi connectivity index (χ0n) is 13.4. The molecular formula is C19H27Cl2N. The van der Waals surface area contributed by atoms with Crippen molar-refractivity contribution < 1.29 is 0 Å². The first kappa shape index (κ1) is 19.3. The summed E-state index contributed by atoms with van der Waals surface area (Å²) in [6.45, 7) is 5.37. The lowest BCUT2D eigenvalue weighted by Gasteiger charge is -2.22. The molecule has 0 N–H and O–H groups in total. The van der Waals surface area contributed by atoms with E-state index >= 15 is 0 Å². The molecular weight excluding hydrogens is 313 g/mol. The van der Waals surface area contributed by atoms with Crippen LogP contribution in [0.2, 0.25) is 0 Å². The lowest BCUT2D eigenvalue weighted by atomic mass is 10.0. The molecule has 0 radical (unpaired) electrons. The van der Waals surface area contributed by atoms with Gasteiger partial charge in [-0.1, -0.05) is 68.7 Å². The highest BCUT2D eigenvalue weighted by Gasteiger charge is 2.07. The number of halogens is 2. The van der Waals surface area contributed by atoms with E-state index in [0.29, 0.717) is 5.88 Å². The van der Waals surface area contributed by atoms with Crippen LogP contribution in [0, 0.1) is 0 Å². The van der Waals surface area contributed by atoms with E-state index in [1.165, 1.54) is 42.0 Å². The van der Waals surface area contributed by atoms with Crippen molar-refractivity contribution in [1.82, 2.24) is 4.90 Å². The molecule has 0 aliphatic carbocycles. The number of unbranched alkanes of at least 4 members (excludes halogenated alkanes) is 3. The van der Waals surface area contributed by atoms with E-state index in [0.717, 1.165) is 19.6 Å². The Bertz CT molecular complexity index is 536. The third kappa shape index (κ3) is 5.79. The Morgan fingerprint density at radius 1 is 0.909 bits per heavy atom. The lowest BCUT2D eigenvalue weighted by Crippen LogP contribution is -2.26. The van der Waals surface area contributed by atoms with Crippen molar-refractivity contribution in [2.75, 3.05) is 19.0 Å². The molecule has 0 spiro atoms. The normalized spacial score (nSPS) is 10.9. The van der Waals surface area contributed by atoms with E-state index in [1.807, 2.05) is 0 Å². The predicted octanol–water partition coefficient (Wildman–Crippen LogP) is 5.88. The molecule has 2 aromatic carbocycles. The fraction of sp³-hybridized carbons (Fsp3) is 0.474. The summed E-state index contributed by atoms with van der Waals surface area (Å²) in [7, 11) is 0. The van der Waals surface area contributed by atoms with Gasteiger partial charge in [-0.15, -0.1) is 24.0 Å². The quantitative estimate of drug-likeness (QED) is 0.407. The molecule has 0 saturated heterocycles. The molecule has 1 nitrogen and oxygen atoms in total. The standard InChI is InChI=1S/C19H26ClN.ClH/c1-2-3-4-7-14-21(15-13-20)16-18-11-8-10-17-9-5-6-12-19(17)18;/h5-6,8-12H,2-4,7,13-16H2,1H3;1H. The lowest BCUT2D eigenvalue weighted by molar-refractivity contribution is 0.275. The monoisotopic (exact) mass is 339 g/mol. The number of hydrogen-bond donors (Lipinski definition) is 0. The van der Waals surface area contributed by atoms with E-state index in [1.54, 1.807) is 0 Å². The molecule has 22 heavy (non-hydrogen) atoms. The van der Waals surface area contributed by atoms with Gasteiger partial charge in [0.15, 0.2) is 0 Å². The summed E-state index contributed by atoms with van der Waals surface area (Å²) in [5, 5.41) is 2.69. The first-order valence-corrected chi connectivity index (χ1v) is 8.63. The van der Waals surface area contributed by atoms with Gasteiger partial charge in [-0.25, -0.2) is 0 Å². The van der Waals surface area contributed by atoms with Crippen molar-refractivity contribution >= 4 is 34.8 Å². The number of fused-ring (bicyclic) bond motifs is 1. The van der Waals surface area contributed by atoms with Gasteiger partial charge in [0, 0.05) is 19.0 Å². The van der Waals surface area contributed by atoms with Crippen LogP contribution in [-0.4, -0.2) is 23.9 Å². The Morgan fingerprint density at radius 3 is 2.45 bits per heavy atom. The SMILES string of the molecule is CCCCCCN(CCCl)Cc1cccc2ccccc12.Cl. The summed E-state index contributed by atoms with van der Waals surface area (Å²) in [5.41, 5.74) is 1.41. The maximum absolute atomic E-state index is 5.98. The summed E-state index contributed by atoms with van der Waals surface area (Å²) in [6, 6.07) is 15.2. The Morgan fingerprint density at radius 2 is 1.68 bits per heavy atom. The summed E-state index contributed by atoms with van der Waals surface area (Å²) in [6.07, 6.45) is 5.22. The Labute approximate surface area is 146 Å². The molecule has 2 rings (SSSR count). The Kier molecular flexibility index (Phi) is 9.54. The number of alkyl halides is 1. The summed E-state index contributed by atoms with van der Waals surface area (Å²) in [4.78, 5) is 2.49. The van der Waals surface area contributed by atoms with Crippen LogP contribution in [0.1, 0.15) is 38.2 Å². The topological polar surface area (TPSA) is 3.24 Å². The Hall–Kier alpha value is -0.760. The zero-order valence-corrected chi connectivity index (χ0v) is 15.0. The fourth-order valence-corrected chi connectivity index (χ4v) is 3.06. The highest BCUT2D eigenvalue weighted by atomic mass is 35.5. The van der Waals surface area contributed by atoms with Gasteiger partial charge < -0.3 is 0 Å². The average Bonchev–Trinajstić information content (AvgIpc) is 2.52. The average molecular weight is 340 g/mol. The van der Waals surface area contributed by atoms with Crippen molar-refractivity contribution in [2.24, 2.45) is 0 Å². The van der Waals surface area contributed by atoms with Gasteiger partial charge in [-0.3, -0.25) is 4.90 Å². The third-order valence-electron chi connectivity index (χ3n) is 4.00. The fourth-order valence-electron chi connectivity index (χ4n) is 2.82. The molecule has 0 saturated carbocycles. The van der Waals surface area contributed by atoms with Crippen molar-refractivity contribution in [3.63, 3.8) is 0 Å². The van der Waals surface area contributed by atoms with Crippen molar-refractivity contribution in [2.45, 2.75) is 39.2 Å². The largest absolute Gasteiger partial charge is 0.298 e. The van der Waals surface area contributed by atoms with Crippen LogP contribution in [0.15, 0.2) is 42.5 Å². The van der Waals surface area contributed by atoms with Crippen LogP contribution in [0.3, 0.4) is 0 Å². The molecule has 0 aromatic heterocycles.